The number of carbonyl (C=O) groups excluding carboxylic acids is 1. The van der Waals surface area contributed by atoms with E-state index in [1.54, 1.807) is 12.1 Å². The van der Waals surface area contributed by atoms with Crippen molar-refractivity contribution in [3.63, 3.8) is 0 Å². The van der Waals surface area contributed by atoms with Crippen LogP contribution in [0.15, 0.2) is 35.9 Å². The van der Waals surface area contributed by atoms with E-state index in [1.165, 1.54) is 17.7 Å². The summed E-state index contributed by atoms with van der Waals surface area (Å²) in [5.41, 5.74) is 1.73. The molecule has 0 aromatic heterocycles. The molecule has 0 heterocycles. The maximum atomic E-state index is 12.2. The van der Waals surface area contributed by atoms with Gasteiger partial charge in [0.1, 0.15) is 6.61 Å². The summed E-state index contributed by atoms with van der Waals surface area (Å²) in [6.45, 7) is 8.20. The molecule has 1 aliphatic rings. The van der Waals surface area contributed by atoms with Crippen LogP contribution in [0.5, 0.6) is 0 Å². The average Bonchev–Trinajstić information content (AvgIpc) is 2.96. The van der Waals surface area contributed by atoms with Crippen molar-refractivity contribution in [2.45, 2.75) is 34.3 Å². The van der Waals surface area contributed by atoms with Crippen LogP contribution >= 0.6 is 0 Å². The first-order valence-corrected chi connectivity index (χ1v) is 7.28. The minimum Gasteiger partial charge on any atom is -0.461 e. The van der Waals surface area contributed by atoms with Crippen LogP contribution in [-0.2, 0) is 16.1 Å². The zero-order valence-electron chi connectivity index (χ0n) is 13.3. The largest absolute Gasteiger partial charge is 0.461 e. The summed E-state index contributed by atoms with van der Waals surface area (Å²) >= 11 is 0. The molecule has 0 aliphatic heterocycles. The Bertz CT molecular complexity index is 629. The van der Waals surface area contributed by atoms with Crippen LogP contribution in [0.1, 0.15) is 33.3 Å². The van der Waals surface area contributed by atoms with Crippen molar-refractivity contribution in [3.8, 4) is 0 Å². The summed E-state index contributed by atoms with van der Waals surface area (Å²) in [6, 6.07) is 6.15. The normalized spacial score (nSPS) is 21.8. The van der Waals surface area contributed by atoms with Crippen LogP contribution in [0.4, 0.5) is 5.69 Å². The van der Waals surface area contributed by atoms with E-state index in [2.05, 4.69) is 19.9 Å². The third kappa shape index (κ3) is 3.35. The molecule has 2 rings (SSSR count). The molecular weight excluding hydrogens is 282 g/mol. The number of benzene rings is 1. The fourth-order valence-electron chi connectivity index (χ4n) is 2.80. The summed E-state index contributed by atoms with van der Waals surface area (Å²) in [5.74, 6) is -0.171. The van der Waals surface area contributed by atoms with Gasteiger partial charge in [-0.05, 0) is 30.7 Å². The van der Waals surface area contributed by atoms with E-state index in [9.17, 15) is 14.9 Å². The van der Waals surface area contributed by atoms with Gasteiger partial charge in [0.2, 0.25) is 0 Å². The number of allylic oxidation sites excluding steroid dienone is 2. The lowest BCUT2D eigenvalue weighted by Crippen LogP contribution is -2.10. The van der Waals surface area contributed by atoms with Gasteiger partial charge in [-0.15, -0.1) is 0 Å². The van der Waals surface area contributed by atoms with Gasteiger partial charge >= 0.3 is 5.97 Å². The number of rotatable bonds is 5. The molecule has 22 heavy (non-hydrogen) atoms. The van der Waals surface area contributed by atoms with Gasteiger partial charge in [0.25, 0.3) is 5.69 Å². The molecule has 2 unspecified atom stereocenters. The zero-order chi connectivity index (χ0) is 16.5. The topological polar surface area (TPSA) is 69.4 Å². The second kappa shape index (κ2) is 5.91. The Morgan fingerprint density at radius 3 is 2.68 bits per heavy atom. The number of nitro groups is 1. The van der Waals surface area contributed by atoms with Gasteiger partial charge in [-0.1, -0.05) is 37.6 Å². The van der Waals surface area contributed by atoms with Gasteiger partial charge in [-0.3, -0.25) is 14.9 Å². The highest BCUT2D eigenvalue weighted by molar-refractivity contribution is 5.78. The van der Waals surface area contributed by atoms with Crippen molar-refractivity contribution in [1.29, 1.82) is 0 Å². The minimum absolute atomic E-state index is 0.00252. The van der Waals surface area contributed by atoms with Gasteiger partial charge in [0.05, 0.1) is 10.8 Å². The Kier molecular flexibility index (Phi) is 4.35. The van der Waals surface area contributed by atoms with E-state index in [1.807, 2.05) is 13.8 Å². The van der Waals surface area contributed by atoms with Gasteiger partial charge in [-0.25, -0.2) is 0 Å². The van der Waals surface area contributed by atoms with Crippen LogP contribution in [0.2, 0.25) is 0 Å². The third-order valence-corrected chi connectivity index (χ3v) is 4.18. The quantitative estimate of drug-likeness (QED) is 0.358. The molecule has 0 amide bonds. The molecule has 0 spiro atoms. The van der Waals surface area contributed by atoms with Crippen LogP contribution < -0.4 is 0 Å². The van der Waals surface area contributed by atoms with Crippen molar-refractivity contribution in [2.24, 2.45) is 17.3 Å². The zero-order valence-corrected chi connectivity index (χ0v) is 13.3. The van der Waals surface area contributed by atoms with Crippen LogP contribution in [0.3, 0.4) is 0 Å². The predicted molar refractivity (Wildman–Crippen MR) is 83.1 cm³/mol. The van der Waals surface area contributed by atoms with Crippen molar-refractivity contribution in [3.05, 3.63) is 51.6 Å². The molecule has 0 radical (unpaired) electrons. The molecule has 5 nitrogen and oxygen atoms in total. The second-order valence-electron chi connectivity index (χ2n) is 6.60. The summed E-state index contributed by atoms with van der Waals surface area (Å²) in [4.78, 5) is 22.5. The standard InChI is InChI=1S/C17H21NO4/c1-11(2)8-14-15(17(14,3)4)16(19)22-10-12-6-5-7-13(9-12)18(20)21/h5-9,14-15H,10H2,1-4H3. The number of esters is 1. The Balaban J connectivity index is 1.98. The first kappa shape index (κ1) is 16.2. The van der Waals surface area contributed by atoms with E-state index < -0.39 is 4.92 Å². The highest BCUT2D eigenvalue weighted by Crippen LogP contribution is 2.59. The van der Waals surface area contributed by atoms with Gasteiger partial charge in [-0.2, -0.15) is 0 Å². The number of nitrogens with zero attached hydrogens (tertiary/aromatic N) is 1. The number of hydrogen-bond donors (Lipinski definition) is 0. The molecular formula is C17H21NO4. The van der Waals surface area contributed by atoms with Gasteiger partial charge in [0.15, 0.2) is 0 Å². The Labute approximate surface area is 130 Å². The molecule has 1 aliphatic carbocycles. The Morgan fingerprint density at radius 2 is 2.09 bits per heavy atom. The maximum absolute atomic E-state index is 12.2. The number of ether oxygens (including phenoxy) is 1. The van der Waals surface area contributed by atoms with Crippen LogP contribution in [0, 0.1) is 27.4 Å². The van der Waals surface area contributed by atoms with E-state index in [4.69, 9.17) is 4.74 Å². The van der Waals surface area contributed by atoms with E-state index in [-0.39, 0.29) is 35.5 Å². The lowest BCUT2D eigenvalue weighted by atomic mass is 10.1. The number of carbonyl (C=O) groups is 1. The van der Waals surface area contributed by atoms with E-state index in [0.29, 0.717) is 5.56 Å². The smallest absolute Gasteiger partial charge is 0.310 e. The summed E-state index contributed by atoms with van der Waals surface area (Å²) in [6.07, 6.45) is 2.11. The van der Waals surface area contributed by atoms with Crippen molar-refractivity contribution < 1.29 is 14.5 Å². The SMILES string of the molecule is CC(C)=CC1C(C(=O)OCc2cccc([N+](=O)[O-])c2)C1(C)C. The first-order valence-electron chi connectivity index (χ1n) is 7.28. The molecule has 5 heteroatoms. The lowest BCUT2D eigenvalue weighted by Gasteiger charge is -2.05. The van der Waals surface area contributed by atoms with Crippen molar-refractivity contribution in [1.82, 2.24) is 0 Å². The average molecular weight is 303 g/mol. The van der Waals surface area contributed by atoms with Crippen LogP contribution in [0.25, 0.3) is 0 Å². The molecule has 1 aromatic carbocycles. The third-order valence-electron chi connectivity index (χ3n) is 4.18. The molecule has 2 atom stereocenters. The summed E-state index contributed by atoms with van der Waals surface area (Å²) in [5, 5.41) is 10.7. The summed E-state index contributed by atoms with van der Waals surface area (Å²) < 4.78 is 5.34. The van der Waals surface area contributed by atoms with Crippen molar-refractivity contribution >= 4 is 11.7 Å². The van der Waals surface area contributed by atoms with Crippen LogP contribution in [-0.4, -0.2) is 10.9 Å². The van der Waals surface area contributed by atoms with Gasteiger partial charge < -0.3 is 4.74 Å². The number of nitro benzene ring substituents is 1. The minimum atomic E-state index is -0.458. The second-order valence-corrected chi connectivity index (χ2v) is 6.60. The highest BCUT2D eigenvalue weighted by atomic mass is 16.6. The molecule has 0 saturated heterocycles. The molecule has 1 fully saturated rings. The summed E-state index contributed by atoms with van der Waals surface area (Å²) in [7, 11) is 0. The number of hydrogen-bond acceptors (Lipinski definition) is 4. The molecule has 1 aromatic rings. The van der Waals surface area contributed by atoms with E-state index >= 15 is 0 Å². The number of non-ortho nitro benzene ring substituents is 1. The molecule has 118 valence electrons. The molecule has 0 bridgehead atoms. The first-order chi connectivity index (χ1) is 10.2. The monoisotopic (exact) mass is 303 g/mol. The fraction of sp³-hybridized carbons (Fsp3) is 0.471. The lowest BCUT2D eigenvalue weighted by molar-refractivity contribution is -0.384. The fourth-order valence-corrected chi connectivity index (χ4v) is 2.80. The highest BCUT2D eigenvalue weighted by Gasteiger charge is 2.61. The van der Waals surface area contributed by atoms with Gasteiger partial charge in [0, 0.05) is 12.1 Å². The Morgan fingerprint density at radius 1 is 1.41 bits per heavy atom. The molecule has 1 saturated carbocycles. The Hall–Kier alpha value is -2.17. The van der Waals surface area contributed by atoms with Crippen molar-refractivity contribution in [2.75, 3.05) is 0 Å². The maximum Gasteiger partial charge on any atom is 0.310 e. The molecule has 0 N–H and O–H groups in total. The van der Waals surface area contributed by atoms with E-state index in [0.717, 1.165) is 0 Å². The predicted octanol–water partition coefficient (Wildman–Crippen LogP) is 3.88.